The van der Waals surface area contributed by atoms with E-state index in [1.54, 1.807) is 18.3 Å². The maximum absolute atomic E-state index is 11.0. The summed E-state index contributed by atoms with van der Waals surface area (Å²) < 4.78 is 0. The number of anilines is 1. The first-order chi connectivity index (χ1) is 8.70. The molecule has 0 aliphatic carbocycles. The smallest absolute Gasteiger partial charge is 0.217 e. The molecule has 5 heteroatoms. The number of primary amides is 1. The maximum atomic E-state index is 11.0. The van der Waals surface area contributed by atoms with Gasteiger partial charge in [-0.15, -0.1) is 0 Å². The van der Waals surface area contributed by atoms with Crippen LogP contribution in [0.25, 0.3) is 0 Å². The predicted molar refractivity (Wildman–Crippen MR) is 68.4 cm³/mol. The van der Waals surface area contributed by atoms with Crippen LogP contribution in [0, 0.1) is 5.92 Å². The number of nitrogens with zero attached hydrogens (tertiary/aromatic N) is 2. The second-order valence-corrected chi connectivity index (χ2v) is 4.63. The lowest BCUT2D eigenvalue weighted by Gasteiger charge is -2.32. The Morgan fingerprint density at radius 2 is 2.22 bits per heavy atom. The highest BCUT2D eigenvalue weighted by Gasteiger charge is 2.22. The molecule has 1 aromatic rings. The molecule has 0 unspecified atom stereocenters. The van der Waals surface area contributed by atoms with Gasteiger partial charge in [0.05, 0.1) is 5.56 Å². The van der Waals surface area contributed by atoms with Crippen LogP contribution in [-0.2, 0) is 4.79 Å². The van der Waals surface area contributed by atoms with Gasteiger partial charge in [0, 0.05) is 25.7 Å². The van der Waals surface area contributed by atoms with Gasteiger partial charge in [0.15, 0.2) is 6.29 Å². The van der Waals surface area contributed by atoms with Crippen molar-refractivity contribution in [1.29, 1.82) is 0 Å². The molecular weight excluding hydrogens is 230 g/mol. The Bertz CT molecular complexity index is 440. The van der Waals surface area contributed by atoms with Gasteiger partial charge in [-0.05, 0) is 30.9 Å². The Morgan fingerprint density at radius 1 is 1.50 bits per heavy atom. The zero-order chi connectivity index (χ0) is 13.0. The fourth-order valence-electron chi connectivity index (χ4n) is 2.40. The van der Waals surface area contributed by atoms with Crippen molar-refractivity contribution in [2.45, 2.75) is 19.3 Å². The number of nitrogens with two attached hydrogens (primary N) is 1. The van der Waals surface area contributed by atoms with Gasteiger partial charge < -0.3 is 10.6 Å². The molecule has 0 saturated carbocycles. The van der Waals surface area contributed by atoms with E-state index in [1.165, 1.54) is 0 Å². The number of hydrogen-bond donors (Lipinski definition) is 1. The normalized spacial score (nSPS) is 16.6. The van der Waals surface area contributed by atoms with Crippen molar-refractivity contribution in [3.8, 4) is 0 Å². The minimum atomic E-state index is -0.236. The lowest BCUT2D eigenvalue weighted by Crippen LogP contribution is -2.36. The third kappa shape index (κ3) is 2.85. The Balaban J connectivity index is 2.01. The summed E-state index contributed by atoms with van der Waals surface area (Å²) in [6, 6.07) is 3.53. The largest absolute Gasteiger partial charge is 0.370 e. The van der Waals surface area contributed by atoms with E-state index in [1.807, 2.05) is 0 Å². The average molecular weight is 247 g/mol. The highest BCUT2D eigenvalue weighted by molar-refractivity contribution is 5.82. The fraction of sp³-hybridized carbons (Fsp3) is 0.462. The fourth-order valence-corrected chi connectivity index (χ4v) is 2.40. The zero-order valence-corrected chi connectivity index (χ0v) is 10.2. The molecule has 18 heavy (non-hydrogen) atoms. The molecule has 1 aliphatic heterocycles. The van der Waals surface area contributed by atoms with Crippen LogP contribution >= 0.6 is 0 Å². The quantitative estimate of drug-likeness (QED) is 0.805. The molecule has 1 aromatic heterocycles. The Labute approximate surface area is 106 Å². The summed E-state index contributed by atoms with van der Waals surface area (Å²) in [7, 11) is 0. The molecule has 0 spiro atoms. The minimum absolute atomic E-state index is 0.236. The maximum Gasteiger partial charge on any atom is 0.217 e. The van der Waals surface area contributed by atoms with E-state index >= 15 is 0 Å². The number of hydrogen-bond acceptors (Lipinski definition) is 4. The molecule has 0 atom stereocenters. The summed E-state index contributed by atoms with van der Waals surface area (Å²) in [6.07, 6.45) is 4.81. The van der Waals surface area contributed by atoms with Crippen molar-refractivity contribution < 1.29 is 9.59 Å². The Kier molecular flexibility index (Phi) is 3.92. The van der Waals surface area contributed by atoms with Crippen LogP contribution in [0.2, 0.25) is 0 Å². The van der Waals surface area contributed by atoms with Gasteiger partial charge in [0.2, 0.25) is 5.91 Å². The Morgan fingerprint density at radius 3 is 2.83 bits per heavy atom. The average Bonchev–Trinajstić information content (AvgIpc) is 2.39. The highest BCUT2D eigenvalue weighted by Crippen LogP contribution is 2.25. The number of aromatic nitrogens is 1. The van der Waals surface area contributed by atoms with Gasteiger partial charge in [0.1, 0.15) is 5.82 Å². The summed E-state index contributed by atoms with van der Waals surface area (Å²) in [5.41, 5.74) is 5.82. The van der Waals surface area contributed by atoms with Crippen LogP contribution in [0.1, 0.15) is 29.6 Å². The topological polar surface area (TPSA) is 76.3 Å². The number of aldehydes is 1. The molecule has 0 bridgehead atoms. The van der Waals surface area contributed by atoms with Crippen molar-refractivity contribution in [3.63, 3.8) is 0 Å². The lowest BCUT2D eigenvalue weighted by atomic mass is 9.93. The molecule has 0 radical (unpaired) electrons. The van der Waals surface area contributed by atoms with Crippen LogP contribution < -0.4 is 10.6 Å². The first-order valence-corrected chi connectivity index (χ1v) is 6.14. The molecule has 2 N–H and O–H groups in total. The van der Waals surface area contributed by atoms with E-state index in [0.29, 0.717) is 17.9 Å². The summed E-state index contributed by atoms with van der Waals surface area (Å²) in [5, 5.41) is 0. The van der Waals surface area contributed by atoms with Crippen molar-refractivity contribution in [3.05, 3.63) is 23.9 Å². The van der Waals surface area contributed by atoms with Gasteiger partial charge in [-0.1, -0.05) is 0 Å². The molecule has 1 fully saturated rings. The van der Waals surface area contributed by atoms with E-state index in [0.717, 1.165) is 38.0 Å². The molecule has 1 aliphatic rings. The predicted octanol–water partition coefficient (Wildman–Crippen LogP) is 0.986. The molecule has 0 aromatic carbocycles. The number of pyridine rings is 1. The number of carbonyl (C=O) groups is 2. The number of rotatable bonds is 4. The first-order valence-electron chi connectivity index (χ1n) is 6.14. The molecule has 96 valence electrons. The van der Waals surface area contributed by atoms with Crippen LogP contribution in [-0.4, -0.2) is 30.3 Å². The minimum Gasteiger partial charge on any atom is -0.370 e. The van der Waals surface area contributed by atoms with E-state index in [4.69, 9.17) is 5.73 Å². The molecule has 2 heterocycles. The van der Waals surface area contributed by atoms with Crippen LogP contribution in [0.5, 0.6) is 0 Å². The number of amides is 1. The molecule has 5 nitrogen and oxygen atoms in total. The summed E-state index contributed by atoms with van der Waals surface area (Å²) in [5.74, 6) is 0.868. The Hall–Kier alpha value is -1.91. The van der Waals surface area contributed by atoms with Crippen molar-refractivity contribution >= 4 is 18.0 Å². The summed E-state index contributed by atoms with van der Waals surface area (Å²) in [4.78, 5) is 28.2. The van der Waals surface area contributed by atoms with Crippen molar-refractivity contribution in [1.82, 2.24) is 4.98 Å². The van der Waals surface area contributed by atoms with Crippen LogP contribution in [0.4, 0.5) is 5.82 Å². The van der Waals surface area contributed by atoms with Gasteiger partial charge in [-0.2, -0.15) is 0 Å². The van der Waals surface area contributed by atoms with E-state index < -0.39 is 0 Å². The van der Waals surface area contributed by atoms with Gasteiger partial charge in [-0.25, -0.2) is 4.98 Å². The van der Waals surface area contributed by atoms with E-state index in [9.17, 15) is 9.59 Å². The highest BCUT2D eigenvalue weighted by atomic mass is 16.1. The van der Waals surface area contributed by atoms with Gasteiger partial charge in [-0.3, -0.25) is 9.59 Å². The third-order valence-corrected chi connectivity index (χ3v) is 3.35. The molecule has 2 rings (SSSR count). The van der Waals surface area contributed by atoms with Crippen LogP contribution in [0.15, 0.2) is 18.3 Å². The third-order valence-electron chi connectivity index (χ3n) is 3.35. The van der Waals surface area contributed by atoms with Gasteiger partial charge in [0.25, 0.3) is 0 Å². The van der Waals surface area contributed by atoms with E-state index in [-0.39, 0.29) is 5.91 Å². The number of carbonyl (C=O) groups excluding carboxylic acids is 2. The van der Waals surface area contributed by atoms with Gasteiger partial charge >= 0.3 is 0 Å². The number of piperidine rings is 1. The summed E-state index contributed by atoms with van der Waals surface area (Å²) in [6.45, 7) is 1.63. The first kappa shape index (κ1) is 12.5. The zero-order valence-electron chi connectivity index (χ0n) is 10.2. The van der Waals surface area contributed by atoms with Crippen molar-refractivity contribution in [2.24, 2.45) is 11.7 Å². The molecular formula is C13H17N3O2. The van der Waals surface area contributed by atoms with Crippen molar-refractivity contribution in [2.75, 3.05) is 18.0 Å². The SMILES string of the molecule is NC(=O)CC1CCN(c2ncccc2C=O)CC1. The van der Waals surface area contributed by atoms with E-state index in [2.05, 4.69) is 9.88 Å². The monoisotopic (exact) mass is 247 g/mol. The second-order valence-electron chi connectivity index (χ2n) is 4.63. The second kappa shape index (κ2) is 5.62. The molecule has 1 amide bonds. The standard InChI is InChI=1S/C13H17N3O2/c14-12(18)8-10-3-6-16(7-4-10)13-11(9-17)2-1-5-15-13/h1-2,5,9-10H,3-4,6-8H2,(H2,14,18). The van der Waals surface area contributed by atoms with Crippen LogP contribution in [0.3, 0.4) is 0 Å². The molecule has 1 saturated heterocycles. The summed E-state index contributed by atoms with van der Waals surface area (Å²) >= 11 is 0. The lowest BCUT2D eigenvalue weighted by molar-refractivity contribution is -0.119.